The first-order valence-electron chi connectivity index (χ1n) is 14.2. The Bertz CT molecular complexity index is 282. The summed E-state index contributed by atoms with van der Waals surface area (Å²) in [5, 5.41) is 0. The third kappa shape index (κ3) is 24.1. The van der Waals surface area contributed by atoms with Crippen LogP contribution in [-0.4, -0.2) is 0 Å². The van der Waals surface area contributed by atoms with Crippen LogP contribution in [0.5, 0.6) is 0 Å². The molecule has 0 spiro atoms. The molecule has 2 unspecified atom stereocenters. The summed E-state index contributed by atoms with van der Waals surface area (Å²) in [6, 6.07) is 0. The summed E-state index contributed by atoms with van der Waals surface area (Å²) < 4.78 is 0. The normalized spacial score (nSPS) is 13.7. The van der Waals surface area contributed by atoms with Crippen molar-refractivity contribution in [3.63, 3.8) is 0 Å². The lowest BCUT2D eigenvalue weighted by Gasteiger charge is -2.12. The molecule has 2 atom stereocenters. The highest BCUT2D eigenvalue weighted by atomic mass is 14.1. The van der Waals surface area contributed by atoms with Gasteiger partial charge in [-0.3, -0.25) is 0 Å². The molecule has 0 fully saturated rings. The number of hydrogen-bond donors (Lipinski definition) is 0. The van der Waals surface area contributed by atoms with Crippen molar-refractivity contribution in [1.82, 2.24) is 0 Å². The predicted molar refractivity (Wildman–Crippen MR) is 136 cm³/mol. The fourth-order valence-corrected chi connectivity index (χ4v) is 4.70. The molecule has 0 aromatic carbocycles. The van der Waals surface area contributed by atoms with Crippen LogP contribution in [0.4, 0.5) is 0 Å². The molecule has 0 aliphatic carbocycles. The average Bonchev–Trinajstić information content (AvgIpc) is 2.72. The van der Waals surface area contributed by atoms with Crippen molar-refractivity contribution >= 4 is 0 Å². The Hall–Kier alpha value is 0. The summed E-state index contributed by atoms with van der Waals surface area (Å²) in [5.74, 6) is 1.93. The maximum atomic E-state index is 2.49. The highest BCUT2D eigenvalue weighted by Gasteiger charge is 2.04. The van der Waals surface area contributed by atoms with Crippen LogP contribution in [-0.2, 0) is 0 Å². The van der Waals surface area contributed by atoms with E-state index in [1.807, 2.05) is 0 Å². The Morgan fingerprint density at radius 3 is 0.793 bits per heavy atom. The first-order valence-corrected chi connectivity index (χ1v) is 14.2. The van der Waals surface area contributed by atoms with Gasteiger partial charge in [0.25, 0.3) is 0 Å². The van der Waals surface area contributed by atoms with Crippen LogP contribution < -0.4 is 0 Å². The Kier molecular flexibility index (Phi) is 24.3. The molecule has 29 heavy (non-hydrogen) atoms. The van der Waals surface area contributed by atoms with Gasteiger partial charge >= 0.3 is 0 Å². The van der Waals surface area contributed by atoms with Crippen LogP contribution in [0.15, 0.2) is 0 Å². The summed E-state index contributed by atoms with van der Waals surface area (Å²) in [6.07, 6.45) is 33.7. The summed E-state index contributed by atoms with van der Waals surface area (Å²) in [6.45, 7) is 9.58. The molecule has 0 aliphatic rings. The van der Waals surface area contributed by atoms with Gasteiger partial charge in [0.05, 0.1) is 0 Å². The van der Waals surface area contributed by atoms with Crippen molar-refractivity contribution in [1.29, 1.82) is 0 Å². The first-order chi connectivity index (χ1) is 14.2. The van der Waals surface area contributed by atoms with Crippen molar-refractivity contribution in [3.8, 4) is 0 Å². The van der Waals surface area contributed by atoms with Crippen LogP contribution in [0, 0.1) is 11.8 Å². The summed E-state index contributed by atoms with van der Waals surface area (Å²) in [5.41, 5.74) is 0. The van der Waals surface area contributed by atoms with Crippen molar-refractivity contribution in [3.05, 3.63) is 0 Å². The lowest BCUT2D eigenvalue weighted by atomic mass is 9.94. The van der Waals surface area contributed by atoms with Crippen LogP contribution in [0.3, 0.4) is 0 Å². The van der Waals surface area contributed by atoms with Gasteiger partial charge in [0, 0.05) is 0 Å². The quantitative estimate of drug-likeness (QED) is 0.139. The molecular weight excluding hydrogens is 348 g/mol. The van der Waals surface area contributed by atoms with E-state index >= 15 is 0 Å². The zero-order chi connectivity index (χ0) is 21.4. The van der Waals surface area contributed by atoms with Crippen LogP contribution >= 0.6 is 0 Å². The molecule has 0 amide bonds. The molecule has 176 valence electrons. The second-order valence-electron chi connectivity index (χ2n) is 10.4. The summed E-state index contributed by atoms with van der Waals surface area (Å²) in [7, 11) is 0. The lowest BCUT2D eigenvalue weighted by molar-refractivity contribution is 0.417. The molecule has 0 saturated heterocycles. The number of unbranched alkanes of at least 4 members (excludes halogenated alkanes) is 16. The second-order valence-corrected chi connectivity index (χ2v) is 10.4. The van der Waals surface area contributed by atoms with Crippen molar-refractivity contribution in [2.75, 3.05) is 0 Å². The van der Waals surface area contributed by atoms with E-state index in [9.17, 15) is 0 Å². The minimum absolute atomic E-state index is 0.965. The van der Waals surface area contributed by atoms with Crippen LogP contribution in [0.2, 0.25) is 0 Å². The van der Waals surface area contributed by atoms with E-state index in [4.69, 9.17) is 0 Å². The van der Waals surface area contributed by atoms with E-state index in [2.05, 4.69) is 27.7 Å². The minimum atomic E-state index is 0.965. The molecule has 0 aliphatic heterocycles. The Balaban J connectivity index is 3.23. The molecule has 0 nitrogen and oxygen atoms in total. The maximum Gasteiger partial charge on any atom is -0.0443 e. The third-order valence-corrected chi connectivity index (χ3v) is 6.99. The highest BCUT2D eigenvalue weighted by Crippen LogP contribution is 2.20. The highest BCUT2D eigenvalue weighted by molar-refractivity contribution is 4.58. The molecule has 0 rings (SSSR count). The smallest absolute Gasteiger partial charge is 0.0443 e. The minimum Gasteiger partial charge on any atom is -0.0654 e. The Labute approximate surface area is 187 Å². The molecule has 0 radical (unpaired) electrons. The van der Waals surface area contributed by atoms with Crippen molar-refractivity contribution in [2.45, 2.75) is 175 Å². The monoisotopic (exact) mass is 408 g/mol. The van der Waals surface area contributed by atoms with Crippen molar-refractivity contribution < 1.29 is 0 Å². The summed E-state index contributed by atoms with van der Waals surface area (Å²) >= 11 is 0. The van der Waals surface area contributed by atoms with Gasteiger partial charge in [-0.15, -0.1) is 0 Å². The molecule has 0 heteroatoms. The lowest BCUT2D eigenvalue weighted by Crippen LogP contribution is -1.96. The molecule has 0 bridgehead atoms. The fourth-order valence-electron chi connectivity index (χ4n) is 4.70. The van der Waals surface area contributed by atoms with E-state index < -0.39 is 0 Å². The number of hydrogen-bond acceptors (Lipinski definition) is 0. The van der Waals surface area contributed by atoms with E-state index in [-0.39, 0.29) is 0 Å². The Morgan fingerprint density at radius 1 is 0.310 bits per heavy atom. The molecular formula is C29H60. The maximum absolute atomic E-state index is 2.49. The van der Waals surface area contributed by atoms with Crippen LogP contribution in [0.25, 0.3) is 0 Å². The average molecular weight is 409 g/mol. The number of rotatable bonds is 24. The molecule has 0 heterocycles. The topological polar surface area (TPSA) is 0 Å². The SMILES string of the molecule is CCCCCCCCCCCCC(C)CCCCCCCC(C)CCCCCC. The van der Waals surface area contributed by atoms with E-state index in [1.54, 1.807) is 0 Å². The molecule has 0 aromatic rings. The Morgan fingerprint density at radius 2 is 0.517 bits per heavy atom. The predicted octanol–water partition coefficient (Wildman–Crippen LogP) is 11.3. The van der Waals surface area contributed by atoms with Gasteiger partial charge < -0.3 is 0 Å². The van der Waals surface area contributed by atoms with Gasteiger partial charge in [0.2, 0.25) is 0 Å². The van der Waals surface area contributed by atoms with Gasteiger partial charge in [-0.2, -0.15) is 0 Å². The molecule has 0 N–H and O–H groups in total. The van der Waals surface area contributed by atoms with E-state index in [1.165, 1.54) is 148 Å². The fraction of sp³-hybridized carbons (Fsp3) is 1.00. The molecule has 0 aromatic heterocycles. The standard InChI is InChI=1S/C29H60/c1-5-7-9-11-12-13-14-15-17-21-25-29(4)27-23-19-16-18-22-26-28(3)24-20-10-8-6-2/h28-29H,5-27H2,1-4H3. The zero-order valence-electron chi connectivity index (χ0n) is 21.4. The van der Waals surface area contributed by atoms with Crippen molar-refractivity contribution in [2.24, 2.45) is 11.8 Å². The molecule has 0 saturated carbocycles. The van der Waals surface area contributed by atoms with Gasteiger partial charge in [-0.05, 0) is 11.8 Å². The zero-order valence-corrected chi connectivity index (χ0v) is 21.4. The van der Waals surface area contributed by atoms with Gasteiger partial charge in [0.15, 0.2) is 0 Å². The van der Waals surface area contributed by atoms with E-state index in [0.29, 0.717) is 0 Å². The van der Waals surface area contributed by atoms with Crippen LogP contribution in [0.1, 0.15) is 175 Å². The van der Waals surface area contributed by atoms with Gasteiger partial charge in [-0.25, -0.2) is 0 Å². The van der Waals surface area contributed by atoms with E-state index in [0.717, 1.165) is 11.8 Å². The van der Waals surface area contributed by atoms with Gasteiger partial charge in [0.1, 0.15) is 0 Å². The summed E-state index contributed by atoms with van der Waals surface area (Å²) in [4.78, 5) is 0. The van der Waals surface area contributed by atoms with Gasteiger partial charge in [-0.1, -0.05) is 175 Å². The third-order valence-electron chi connectivity index (χ3n) is 6.99. The second kappa shape index (κ2) is 24.3. The largest absolute Gasteiger partial charge is 0.0654 e. The first kappa shape index (κ1) is 29.0.